The molecule has 552 valence electrons. The predicted molar refractivity (Wildman–Crippen MR) is 353 cm³/mol. The first-order valence-corrected chi connectivity index (χ1v) is 34.7. The summed E-state index contributed by atoms with van der Waals surface area (Å²) < 4.78 is 17.1. The van der Waals surface area contributed by atoms with Gasteiger partial charge in [-0.1, -0.05) is 66.5 Å². The Labute approximate surface area is 569 Å². The summed E-state index contributed by atoms with van der Waals surface area (Å²) in [6, 6.07) is -2.70. The molecule has 2 rings (SSSR count). The lowest BCUT2D eigenvalue weighted by Crippen LogP contribution is -2.58. The zero-order valence-corrected chi connectivity index (χ0v) is 57.9. The van der Waals surface area contributed by atoms with Gasteiger partial charge in [0.25, 0.3) is 14.3 Å². The van der Waals surface area contributed by atoms with Gasteiger partial charge < -0.3 is 82.2 Å². The molecule has 0 saturated carbocycles. The molecule has 98 heavy (non-hydrogen) atoms. The van der Waals surface area contributed by atoms with Crippen molar-refractivity contribution in [1.82, 2.24) is 56.8 Å². The van der Waals surface area contributed by atoms with E-state index in [0.29, 0.717) is 37.3 Å². The topological polar surface area (TPSA) is 498 Å². The van der Waals surface area contributed by atoms with E-state index in [-0.39, 0.29) is 128 Å². The molecule has 1 aliphatic rings. The third-order valence-electron chi connectivity index (χ3n) is 16.6. The van der Waals surface area contributed by atoms with Crippen LogP contribution in [0, 0.1) is 0 Å². The molecular formula is C63H102FN11O22Si. The number of amides is 7. The Morgan fingerprint density at radius 2 is 0.837 bits per heavy atom. The maximum Gasteiger partial charge on any atom is 0.326 e. The third-order valence-corrected chi connectivity index (χ3v) is 21.8. The monoisotopic (exact) mass is 1410 g/mol. The number of nitrogens with one attached hydrogen (secondary N) is 7. The number of hydrogen-bond acceptors (Lipinski definition) is 18. The number of carbonyl (C=O) groups is 14. The average molecular weight is 1410 g/mol. The van der Waals surface area contributed by atoms with Gasteiger partial charge in [0, 0.05) is 103 Å². The van der Waals surface area contributed by atoms with Crippen LogP contribution in [0.5, 0.6) is 0 Å². The van der Waals surface area contributed by atoms with Crippen molar-refractivity contribution in [2.75, 3.05) is 91.6 Å². The fraction of sp³-hybridized carbons (Fsp3) is 0.683. The van der Waals surface area contributed by atoms with Crippen LogP contribution in [0.15, 0.2) is 24.3 Å². The summed E-state index contributed by atoms with van der Waals surface area (Å²) in [4.78, 5) is 180. The highest BCUT2D eigenvalue weighted by Gasteiger charge is 2.56. The summed E-state index contributed by atoms with van der Waals surface area (Å²) in [5, 5.41) is 93.3. The molecule has 5 atom stereocenters. The van der Waals surface area contributed by atoms with Crippen LogP contribution in [-0.2, 0) is 57.5 Å². The van der Waals surface area contributed by atoms with Gasteiger partial charge in [-0.3, -0.25) is 67.5 Å². The van der Waals surface area contributed by atoms with Crippen LogP contribution >= 0.6 is 0 Å². The van der Waals surface area contributed by atoms with E-state index in [1.165, 1.54) is 43.9 Å². The normalized spacial score (nSPS) is 15.6. The van der Waals surface area contributed by atoms with Crippen molar-refractivity contribution in [3.8, 4) is 0 Å². The summed E-state index contributed by atoms with van der Waals surface area (Å²) in [5.74, 6) is -13.7. The van der Waals surface area contributed by atoms with Crippen molar-refractivity contribution in [3.63, 3.8) is 0 Å². The molecule has 1 aliphatic heterocycles. The molecule has 0 unspecified atom stereocenters. The molecule has 0 radical (unpaired) electrons. The van der Waals surface area contributed by atoms with Crippen LogP contribution in [0.25, 0.3) is 0 Å². The van der Waals surface area contributed by atoms with Gasteiger partial charge in [-0.25, -0.2) is 19.2 Å². The Bertz CT molecular complexity index is 2820. The van der Waals surface area contributed by atoms with Gasteiger partial charge in [-0.15, -0.1) is 0 Å². The van der Waals surface area contributed by atoms with Crippen molar-refractivity contribution in [3.05, 3.63) is 29.8 Å². The largest absolute Gasteiger partial charge is 0.481 e. The maximum atomic E-state index is 17.1. The standard InChI is InChI=1S/C63H102FN11O22Si/c1-62(2,3)98(64,63(4,5)6)42-21-19-41(20-22-42)55(87)67-37-46(68-50(78)25-24-47(60(95)96)75-35-33-73(39-53(83)84)31-29-72(38-52(81)82)30-32-74(34-36-75)40-54(85)86)56(88)69-43(57(89)90)15-11-13-27-65-48(76)17-9-7-8-10-18-49(77)66-28-14-12-16-44(58(91)92)70-61(97)71-45(59(93)94)23-26-51(79)80/h19-22,43-47H,7-18,23-40H2,1-6H3,(H,65,76)(H,66,77)(H,67,87)(H,68,78)(H,69,88)(H,79,80)(H,81,82)(H,83,84)(H,85,86)(H,89,90)(H,91,92)(H,93,94)(H,95,96)(H2,70,71,97)/t43-,44-,45-,46+,47+/m0/s1. The number of aliphatic carboxylic acids is 8. The summed E-state index contributed by atoms with van der Waals surface area (Å²) >= 11 is 0. The number of carbonyl (C=O) groups excluding carboxylic acids is 6. The maximum absolute atomic E-state index is 17.1. The molecule has 1 heterocycles. The van der Waals surface area contributed by atoms with E-state index in [1.807, 2.05) is 46.9 Å². The van der Waals surface area contributed by atoms with E-state index in [0.717, 1.165) is 0 Å². The summed E-state index contributed by atoms with van der Waals surface area (Å²) in [6.07, 6.45) is 1.63. The molecule has 35 heteroatoms. The van der Waals surface area contributed by atoms with Crippen molar-refractivity contribution >= 4 is 96.9 Å². The number of benzene rings is 1. The number of unbranched alkanes of at least 4 members (excludes halogenated alkanes) is 5. The fourth-order valence-electron chi connectivity index (χ4n) is 11.4. The highest BCUT2D eigenvalue weighted by atomic mass is 28.4. The molecule has 1 saturated heterocycles. The van der Waals surface area contributed by atoms with Crippen LogP contribution in [0.1, 0.15) is 155 Å². The molecule has 1 fully saturated rings. The zero-order chi connectivity index (χ0) is 73.9. The SMILES string of the molecule is CC(C)(C)[Si](F)(c1ccc(C(=O)NC[C@@H](NC(=O)CC[C@H](C(=O)O)N2CCN(CC(=O)O)CCN(CC(=O)O)CCN(CC(=O)O)CC2)C(=O)N[C@@H](CCCCNC(=O)CCCCCCC(=O)NCCCC[C@H](NC(=O)N[C@@H](CCC(=O)O)C(=O)O)C(=O)O)C(=O)O)cc1)C(C)(C)C. The Hall–Kier alpha value is -8.41. The lowest BCUT2D eigenvalue weighted by molar-refractivity contribution is -0.145. The van der Waals surface area contributed by atoms with Gasteiger partial charge in [0.2, 0.25) is 23.6 Å². The number of carboxylic acids is 8. The molecule has 0 bridgehead atoms. The number of hydrogen-bond donors (Lipinski definition) is 15. The Morgan fingerprint density at radius 3 is 1.22 bits per heavy atom. The van der Waals surface area contributed by atoms with E-state index >= 15 is 4.11 Å². The highest BCUT2D eigenvalue weighted by Crippen LogP contribution is 2.51. The van der Waals surface area contributed by atoms with Gasteiger partial charge in [-0.05, 0) is 91.6 Å². The van der Waals surface area contributed by atoms with E-state index in [1.54, 1.807) is 0 Å². The minimum absolute atomic E-state index is 0.0299. The fourth-order valence-corrected chi connectivity index (χ4v) is 16.0. The van der Waals surface area contributed by atoms with Crippen LogP contribution in [0.4, 0.5) is 8.90 Å². The molecule has 1 aromatic rings. The highest BCUT2D eigenvalue weighted by molar-refractivity contribution is 6.90. The quantitative estimate of drug-likeness (QED) is 0.0245. The number of rotatable bonds is 43. The van der Waals surface area contributed by atoms with Crippen LogP contribution in [-0.4, -0.2) is 274 Å². The molecule has 1 aromatic carbocycles. The van der Waals surface area contributed by atoms with E-state index in [4.69, 9.17) is 5.11 Å². The molecule has 0 aliphatic carbocycles. The Kier molecular flexibility index (Phi) is 37.7. The van der Waals surface area contributed by atoms with E-state index in [2.05, 4.69) is 31.9 Å². The Balaban J connectivity index is 2.09. The second kappa shape index (κ2) is 43.1. The molecular weight excluding hydrogens is 1310 g/mol. The summed E-state index contributed by atoms with van der Waals surface area (Å²) in [5.41, 5.74) is 0.0719. The summed E-state index contributed by atoms with van der Waals surface area (Å²) in [7, 11) is -3.74. The number of halogens is 1. The Morgan fingerprint density at radius 1 is 0.429 bits per heavy atom. The van der Waals surface area contributed by atoms with Crippen molar-refractivity contribution in [2.45, 2.75) is 185 Å². The lowest BCUT2D eigenvalue weighted by Gasteiger charge is -2.44. The first-order valence-electron chi connectivity index (χ1n) is 32.8. The summed E-state index contributed by atoms with van der Waals surface area (Å²) in [6.45, 7) is 9.34. The van der Waals surface area contributed by atoms with Crippen LogP contribution in [0.2, 0.25) is 10.1 Å². The number of carboxylic acid groups (broad SMARTS) is 8. The molecule has 15 N–H and O–H groups in total. The van der Waals surface area contributed by atoms with Crippen molar-refractivity contribution < 1.29 is 112 Å². The average Bonchev–Trinajstić information content (AvgIpc) is 0.749. The molecule has 0 aromatic heterocycles. The van der Waals surface area contributed by atoms with Gasteiger partial charge in [0.15, 0.2) is 0 Å². The van der Waals surface area contributed by atoms with Gasteiger partial charge in [-0.2, -0.15) is 0 Å². The molecule has 33 nitrogen and oxygen atoms in total. The first-order chi connectivity index (χ1) is 45.8. The lowest BCUT2D eigenvalue weighted by atomic mass is 10.1. The second-order valence-corrected chi connectivity index (χ2v) is 31.2. The number of nitrogens with zero attached hydrogens (tertiary/aromatic N) is 4. The van der Waals surface area contributed by atoms with E-state index < -0.39 is 172 Å². The third kappa shape index (κ3) is 32.8. The molecule has 0 spiro atoms. The van der Waals surface area contributed by atoms with Crippen molar-refractivity contribution in [1.29, 1.82) is 0 Å². The van der Waals surface area contributed by atoms with Crippen LogP contribution in [0.3, 0.4) is 0 Å². The van der Waals surface area contributed by atoms with Crippen molar-refractivity contribution in [2.24, 2.45) is 0 Å². The van der Waals surface area contributed by atoms with Gasteiger partial charge in [0.05, 0.1) is 19.6 Å². The minimum Gasteiger partial charge on any atom is -0.481 e. The van der Waals surface area contributed by atoms with Gasteiger partial charge >= 0.3 is 53.8 Å². The second-order valence-electron chi connectivity index (χ2n) is 26.3. The first kappa shape index (κ1) is 85.7. The van der Waals surface area contributed by atoms with Gasteiger partial charge in [0.1, 0.15) is 30.2 Å². The van der Waals surface area contributed by atoms with Crippen LogP contribution < -0.4 is 42.4 Å². The minimum atomic E-state index is -3.74. The smallest absolute Gasteiger partial charge is 0.326 e. The number of urea groups is 1. The molecule has 7 amide bonds. The zero-order valence-electron chi connectivity index (χ0n) is 56.9. The van der Waals surface area contributed by atoms with E-state index in [9.17, 15) is 103 Å². The predicted octanol–water partition coefficient (Wildman–Crippen LogP) is 0.886.